The van der Waals surface area contributed by atoms with Crippen molar-refractivity contribution in [3.8, 4) is 12.1 Å². The molecule has 0 spiro atoms. The minimum Gasteiger partial charge on any atom is -0.321 e. The van der Waals surface area contributed by atoms with Gasteiger partial charge in [0.15, 0.2) is 11.4 Å². The van der Waals surface area contributed by atoms with Crippen molar-refractivity contribution < 1.29 is 0 Å². The summed E-state index contributed by atoms with van der Waals surface area (Å²) in [6.07, 6.45) is 1.56. The summed E-state index contributed by atoms with van der Waals surface area (Å²) in [5.41, 5.74) is 0.632. The van der Waals surface area contributed by atoms with Crippen molar-refractivity contribution in [3.05, 3.63) is 17.7 Å². The van der Waals surface area contributed by atoms with Crippen LogP contribution in [0.3, 0.4) is 0 Å². The first-order chi connectivity index (χ1) is 8.37. The van der Waals surface area contributed by atoms with Gasteiger partial charge >= 0.3 is 0 Å². The highest BCUT2D eigenvalue weighted by Crippen LogP contribution is 2.09. The summed E-state index contributed by atoms with van der Waals surface area (Å²) in [5.74, 6) is 0.358. The molecule has 0 fully saturated rings. The van der Waals surface area contributed by atoms with E-state index in [4.69, 9.17) is 10.5 Å². The highest BCUT2D eigenvalue weighted by molar-refractivity contribution is 5.35. The number of nitriles is 2. The Morgan fingerprint density at radius 1 is 1.39 bits per heavy atom. The van der Waals surface area contributed by atoms with E-state index in [-0.39, 0.29) is 11.2 Å². The van der Waals surface area contributed by atoms with Gasteiger partial charge in [-0.2, -0.15) is 10.5 Å². The number of aromatic nitrogens is 2. The summed E-state index contributed by atoms with van der Waals surface area (Å²) in [5, 5.41) is 21.2. The van der Waals surface area contributed by atoms with E-state index in [9.17, 15) is 0 Å². The fourth-order valence-corrected chi connectivity index (χ4v) is 1.60. The van der Waals surface area contributed by atoms with Crippen molar-refractivity contribution >= 4 is 0 Å². The summed E-state index contributed by atoms with van der Waals surface area (Å²) >= 11 is 0. The first-order valence-corrected chi connectivity index (χ1v) is 5.97. The lowest BCUT2D eigenvalue weighted by molar-refractivity contribution is 0.360. The van der Waals surface area contributed by atoms with Crippen LogP contribution in [0, 0.1) is 28.6 Å². The molecule has 0 aliphatic rings. The summed E-state index contributed by atoms with van der Waals surface area (Å²) in [6.45, 7) is 9.99. The second-order valence-electron chi connectivity index (χ2n) is 5.55. The second kappa shape index (κ2) is 5.66. The molecule has 0 bridgehead atoms. The molecule has 0 amide bonds. The molecule has 0 saturated carbocycles. The van der Waals surface area contributed by atoms with E-state index in [1.165, 1.54) is 0 Å². The van der Waals surface area contributed by atoms with E-state index in [1.54, 1.807) is 10.9 Å². The van der Waals surface area contributed by atoms with Crippen molar-refractivity contribution in [1.29, 1.82) is 10.5 Å². The molecule has 1 atom stereocenters. The van der Waals surface area contributed by atoms with Crippen LogP contribution in [-0.2, 0) is 6.54 Å². The van der Waals surface area contributed by atoms with Gasteiger partial charge in [0.1, 0.15) is 12.1 Å². The van der Waals surface area contributed by atoms with E-state index in [0.29, 0.717) is 18.2 Å². The second-order valence-corrected chi connectivity index (χ2v) is 5.55. The molecule has 1 aromatic heterocycles. The van der Waals surface area contributed by atoms with E-state index in [1.807, 2.05) is 12.1 Å². The minimum absolute atomic E-state index is 0.0824. The molecule has 18 heavy (non-hydrogen) atoms. The van der Waals surface area contributed by atoms with Crippen LogP contribution in [0.2, 0.25) is 0 Å². The molecule has 5 nitrogen and oxygen atoms in total. The number of imidazole rings is 1. The maximum Gasteiger partial charge on any atom is 0.176 e. The average molecular weight is 245 g/mol. The maximum absolute atomic E-state index is 9.01. The Labute approximate surface area is 108 Å². The van der Waals surface area contributed by atoms with Crippen LogP contribution in [-0.4, -0.2) is 21.6 Å². The van der Waals surface area contributed by atoms with Crippen LogP contribution in [0.15, 0.2) is 6.33 Å². The highest BCUT2D eigenvalue weighted by Gasteiger charge is 2.14. The molecule has 0 saturated heterocycles. The van der Waals surface area contributed by atoms with E-state index in [2.05, 4.69) is 38.0 Å². The Morgan fingerprint density at radius 3 is 2.56 bits per heavy atom. The van der Waals surface area contributed by atoms with Crippen molar-refractivity contribution in [2.75, 3.05) is 6.54 Å². The van der Waals surface area contributed by atoms with Crippen LogP contribution >= 0.6 is 0 Å². The van der Waals surface area contributed by atoms with Crippen molar-refractivity contribution in [2.45, 2.75) is 39.8 Å². The predicted octanol–water partition coefficient (Wildman–Crippen LogP) is 1.65. The van der Waals surface area contributed by atoms with E-state index in [0.717, 1.165) is 6.54 Å². The largest absolute Gasteiger partial charge is 0.321 e. The Hall–Kier alpha value is -1.85. The third kappa shape index (κ3) is 3.87. The lowest BCUT2D eigenvalue weighted by Gasteiger charge is -2.23. The smallest absolute Gasteiger partial charge is 0.176 e. The van der Waals surface area contributed by atoms with Gasteiger partial charge in [-0.1, -0.05) is 6.92 Å². The topological polar surface area (TPSA) is 77.4 Å². The predicted molar refractivity (Wildman–Crippen MR) is 68.6 cm³/mol. The Morgan fingerprint density at radius 2 is 2.06 bits per heavy atom. The van der Waals surface area contributed by atoms with Gasteiger partial charge in [-0.3, -0.25) is 0 Å². The number of nitrogens with one attached hydrogen (secondary N) is 1. The number of rotatable bonds is 4. The Kier molecular flexibility index (Phi) is 4.47. The molecule has 1 rings (SSSR count). The zero-order valence-electron chi connectivity index (χ0n) is 11.4. The summed E-state index contributed by atoms with van der Waals surface area (Å²) in [7, 11) is 0. The number of nitrogens with zero attached hydrogens (tertiary/aromatic N) is 4. The maximum atomic E-state index is 9.01. The quantitative estimate of drug-likeness (QED) is 0.875. The highest BCUT2D eigenvalue weighted by atomic mass is 15.1. The first kappa shape index (κ1) is 14.2. The molecule has 1 aromatic rings. The van der Waals surface area contributed by atoms with E-state index >= 15 is 0 Å². The molecule has 1 unspecified atom stereocenters. The molecule has 1 heterocycles. The molecule has 0 aromatic carbocycles. The van der Waals surface area contributed by atoms with Gasteiger partial charge in [-0.15, -0.1) is 0 Å². The number of hydrogen-bond donors (Lipinski definition) is 1. The normalized spacial score (nSPS) is 12.8. The molecular weight excluding hydrogens is 226 g/mol. The van der Waals surface area contributed by atoms with Crippen LogP contribution in [0.5, 0.6) is 0 Å². The zero-order valence-corrected chi connectivity index (χ0v) is 11.4. The van der Waals surface area contributed by atoms with Gasteiger partial charge in [-0.25, -0.2) is 4.98 Å². The SMILES string of the molecule is CC(CNC(C)(C)C)Cn1cnc(C#N)c1C#N. The monoisotopic (exact) mass is 245 g/mol. The number of hydrogen-bond acceptors (Lipinski definition) is 4. The van der Waals surface area contributed by atoms with Crippen molar-refractivity contribution in [3.63, 3.8) is 0 Å². The molecule has 0 radical (unpaired) electrons. The standard InChI is InChI=1S/C13H19N5/c1-10(7-17-13(2,3)4)8-18-9-16-11(5-14)12(18)6-15/h9-10,17H,7-8H2,1-4H3. The first-order valence-electron chi connectivity index (χ1n) is 5.97. The van der Waals surface area contributed by atoms with Crippen LogP contribution in [0.4, 0.5) is 0 Å². The molecule has 0 aliphatic carbocycles. The van der Waals surface area contributed by atoms with Gasteiger partial charge in [0.2, 0.25) is 0 Å². The van der Waals surface area contributed by atoms with Crippen molar-refractivity contribution in [1.82, 2.24) is 14.9 Å². The molecule has 1 N–H and O–H groups in total. The third-order valence-electron chi connectivity index (χ3n) is 2.54. The Balaban J connectivity index is 2.66. The van der Waals surface area contributed by atoms with Gasteiger partial charge < -0.3 is 9.88 Å². The van der Waals surface area contributed by atoms with Gasteiger partial charge in [0, 0.05) is 12.1 Å². The Bertz CT molecular complexity index is 481. The summed E-state index contributed by atoms with van der Waals surface area (Å²) < 4.78 is 1.74. The minimum atomic E-state index is 0.0824. The lowest BCUT2D eigenvalue weighted by Crippen LogP contribution is -2.39. The fourth-order valence-electron chi connectivity index (χ4n) is 1.60. The van der Waals surface area contributed by atoms with Crippen LogP contribution < -0.4 is 5.32 Å². The summed E-state index contributed by atoms with van der Waals surface area (Å²) in [4.78, 5) is 3.93. The van der Waals surface area contributed by atoms with Gasteiger partial charge in [0.05, 0.1) is 6.33 Å². The van der Waals surface area contributed by atoms with E-state index < -0.39 is 0 Å². The zero-order chi connectivity index (χ0) is 13.8. The third-order valence-corrected chi connectivity index (χ3v) is 2.54. The van der Waals surface area contributed by atoms with Crippen molar-refractivity contribution in [2.24, 2.45) is 5.92 Å². The lowest BCUT2D eigenvalue weighted by atomic mass is 10.1. The fraction of sp³-hybridized carbons (Fsp3) is 0.615. The average Bonchev–Trinajstić information content (AvgIpc) is 2.67. The van der Waals surface area contributed by atoms with Crippen LogP contribution in [0.1, 0.15) is 39.1 Å². The van der Waals surface area contributed by atoms with Crippen LogP contribution in [0.25, 0.3) is 0 Å². The molecule has 96 valence electrons. The van der Waals surface area contributed by atoms with Gasteiger partial charge in [0.25, 0.3) is 0 Å². The van der Waals surface area contributed by atoms with Gasteiger partial charge in [-0.05, 0) is 33.2 Å². The summed E-state index contributed by atoms with van der Waals surface area (Å²) in [6, 6.07) is 3.96. The molecular formula is C13H19N5. The molecule has 0 aliphatic heterocycles. The molecule has 5 heteroatoms.